The molecule has 1 fully saturated rings. The number of amides is 1. The minimum absolute atomic E-state index is 0.0409. The smallest absolute Gasteiger partial charge is 0.254 e. The molecule has 0 radical (unpaired) electrons. The molecule has 1 rings (SSSR count). The molecule has 0 aromatic carbocycles. The van der Waals surface area contributed by atoms with Gasteiger partial charge in [-0.2, -0.15) is 0 Å². The van der Waals surface area contributed by atoms with Gasteiger partial charge in [0.05, 0.1) is 0 Å². The van der Waals surface area contributed by atoms with Crippen LogP contribution in [0.3, 0.4) is 0 Å². The first-order chi connectivity index (χ1) is 3.98. The summed E-state index contributed by atoms with van der Waals surface area (Å²) in [6, 6.07) is 0. The third-order valence-electron chi connectivity index (χ3n) is 1.49. The lowest BCUT2D eigenvalue weighted by molar-refractivity contribution is -0.130. The van der Waals surface area contributed by atoms with Gasteiger partial charge >= 0.3 is 0 Å². The Labute approximate surface area is 56.6 Å². The lowest BCUT2D eigenvalue weighted by Gasteiger charge is -2.39. The van der Waals surface area contributed by atoms with E-state index in [4.69, 9.17) is 0 Å². The van der Waals surface area contributed by atoms with Gasteiger partial charge < -0.3 is 0 Å². The highest BCUT2D eigenvalue weighted by molar-refractivity contribution is 7.88. The molecule has 0 aromatic rings. The number of hydrogen-bond donors (Lipinski definition) is 0. The van der Waals surface area contributed by atoms with E-state index < -0.39 is 15.7 Å². The molecular formula is C5H9NO2S. The Hall–Kier alpha value is -0.380. The summed E-state index contributed by atoms with van der Waals surface area (Å²) in [4.78, 5) is 10.8. The van der Waals surface area contributed by atoms with Gasteiger partial charge in [-0.1, -0.05) is 0 Å². The van der Waals surface area contributed by atoms with Crippen molar-refractivity contribution in [1.82, 2.24) is 4.31 Å². The zero-order valence-corrected chi connectivity index (χ0v) is 6.49. The first kappa shape index (κ1) is 6.74. The molecule has 1 aliphatic heterocycles. The fraction of sp³-hybridized carbons (Fsp3) is 0.800. The summed E-state index contributed by atoms with van der Waals surface area (Å²) < 4.78 is 11.5. The summed E-state index contributed by atoms with van der Waals surface area (Å²) in [7, 11) is 0.452. The molecule has 0 spiro atoms. The molecule has 1 unspecified atom stereocenters. The molecular weight excluding hydrogens is 138 g/mol. The maximum Gasteiger partial charge on any atom is 0.254 e. The van der Waals surface area contributed by atoms with Gasteiger partial charge in [0.1, 0.15) is 15.7 Å². The molecule has 0 saturated carbocycles. The zero-order valence-electron chi connectivity index (χ0n) is 5.67. The van der Waals surface area contributed by atoms with Crippen molar-refractivity contribution in [2.45, 2.75) is 18.6 Å². The highest BCUT2D eigenvalue weighted by Gasteiger charge is 2.50. The minimum Gasteiger partial charge on any atom is -0.272 e. The van der Waals surface area contributed by atoms with Gasteiger partial charge in [0.25, 0.3) is 5.91 Å². The summed E-state index contributed by atoms with van der Waals surface area (Å²) in [5.41, 5.74) is 0. The zero-order chi connectivity index (χ0) is 7.23. The van der Waals surface area contributed by atoms with E-state index in [1.807, 2.05) is 0 Å². The summed E-state index contributed by atoms with van der Waals surface area (Å²) in [5, 5.41) is 0. The van der Waals surface area contributed by atoms with Gasteiger partial charge in [-0.3, -0.25) is 9.10 Å². The van der Waals surface area contributed by atoms with E-state index in [-0.39, 0.29) is 5.91 Å². The molecule has 4 heteroatoms. The van der Waals surface area contributed by atoms with E-state index >= 15 is 0 Å². The summed E-state index contributed by atoms with van der Waals surface area (Å²) in [5.74, 6) is -0.0409. The molecule has 0 aromatic heterocycles. The molecule has 1 amide bonds. The largest absolute Gasteiger partial charge is 0.272 e. The van der Waals surface area contributed by atoms with Gasteiger partial charge in [-0.15, -0.1) is 0 Å². The summed E-state index contributed by atoms with van der Waals surface area (Å²) in [6.45, 7) is 3.37. The van der Waals surface area contributed by atoms with E-state index in [2.05, 4.69) is 0 Å². The molecule has 3 nitrogen and oxygen atoms in total. The van der Waals surface area contributed by atoms with Crippen molar-refractivity contribution < 1.29 is 9.00 Å². The van der Waals surface area contributed by atoms with Crippen LogP contribution in [0, 0.1) is 0 Å². The molecule has 1 atom stereocenters. The van der Waals surface area contributed by atoms with Crippen molar-refractivity contribution in [2.75, 3.05) is 7.05 Å². The standard InChI is InChI=1S/C5H9NO2S/c1-5(2)4(7)6(3)9(5)8/h1-3H3. The van der Waals surface area contributed by atoms with Gasteiger partial charge in [-0.05, 0) is 13.8 Å². The monoisotopic (exact) mass is 147 g/mol. The van der Waals surface area contributed by atoms with Crippen LogP contribution in [-0.4, -0.2) is 26.2 Å². The predicted octanol–water partition coefficient (Wildman–Crippen LogP) is -0.0993. The summed E-state index contributed by atoms with van der Waals surface area (Å²) >= 11 is 0. The number of nitrogens with zero attached hydrogens (tertiary/aromatic N) is 1. The minimum atomic E-state index is -1.09. The maximum atomic E-state index is 10.9. The lowest BCUT2D eigenvalue weighted by atomic mass is 10.2. The van der Waals surface area contributed by atoms with Crippen LogP contribution in [0.5, 0.6) is 0 Å². The van der Waals surface area contributed by atoms with Crippen molar-refractivity contribution in [1.29, 1.82) is 0 Å². The van der Waals surface area contributed by atoms with E-state index in [1.54, 1.807) is 20.9 Å². The highest BCUT2D eigenvalue weighted by Crippen LogP contribution is 2.28. The van der Waals surface area contributed by atoms with Crippen molar-refractivity contribution in [3.63, 3.8) is 0 Å². The number of carbonyl (C=O) groups excluding carboxylic acids is 1. The maximum absolute atomic E-state index is 10.9. The number of carbonyl (C=O) groups is 1. The quantitative estimate of drug-likeness (QED) is 0.480. The van der Waals surface area contributed by atoms with Gasteiger partial charge in [-0.25, -0.2) is 4.21 Å². The van der Waals surface area contributed by atoms with Crippen LogP contribution >= 0.6 is 0 Å². The molecule has 52 valence electrons. The van der Waals surface area contributed by atoms with Crippen molar-refractivity contribution in [2.24, 2.45) is 0 Å². The van der Waals surface area contributed by atoms with Crippen LogP contribution in [0.4, 0.5) is 0 Å². The van der Waals surface area contributed by atoms with Gasteiger partial charge in [0, 0.05) is 7.05 Å². The van der Waals surface area contributed by atoms with E-state index in [0.717, 1.165) is 0 Å². The van der Waals surface area contributed by atoms with Crippen molar-refractivity contribution in [3.8, 4) is 0 Å². The molecule has 9 heavy (non-hydrogen) atoms. The summed E-state index contributed by atoms with van der Waals surface area (Å²) in [6.07, 6.45) is 0. The normalized spacial score (nSPS) is 32.1. The molecule has 1 aliphatic rings. The predicted molar refractivity (Wildman–Crippen MR) is 35.0 cm³/mol. The van der Waals surface area contributed by atoms with Crippen LogP contribution in [-0.2, 0) is 15.8 Å². The SMILES string of the molecule is CN1C(=O)C(C)(C)S1=O. The Morgan fingerprint density at radius 1 is 1.56 bits per heavy atom. The Morgan fingerprint density at radius 2 is 2.00 bits per heavy atom. The van der Waals surface area contributed by atoms with Crippen LogP contribution in [0.15, 0.2) is 0 Å². The topological polar surface area (TPSA) is 37.4 Å². The highest BCUT2D eigenvalue weighted by atomic mass is 32.2. The Bertz CT molecular complexity index is 169. The van der Waals surface area contributed by atoms with E-state index in [9.17, 15) is 9.00 Å². The molecule has 0 N–H and O–H groups in total. The molecule has 1 heterocycles. The number of hydrogen-bond acceptors (Lipinski definition) is 2. The second kappa shape index (κ2) is 1.56. The third-order valence-corrected chi connectivity index (χ3v) is 3.20. The molecule has 0 aliphatic carbocycles. The Kier molecular flexibility index (Phi) is 1.17. The second-order valence-electron chi connectivity index (χ2n) is 2.56. The van der Waals surface area contributed by atoms with Crippen molar-refractivity contribution >= 4 is 16.9 Å². The first-order valence-corrected chi connectivity index (χ1v) is 3.79. The van der Waals surface area contributed by atoms with Gasteiger partial charge in [0.2, 0.25) is 0 Å². The average molecular weight is 147 g/mol. The Balaban J connectivity index is 2.86. The molecule has 1 saturated heterocycles. The number of rotatable bonds is 0. The Morgan fingerprint density at radius 3 is 2.11 bits per heavy atom. The molecule has 0 bridgehead atoms. The average Bonchev–Trinajstić information content (AvgIpc) is 1.84. The van der Waals surface area contributed by atoms with Crippen LogP contribution in [0.25, 0.3) is 0 Å². The fourth-order valence-corrected chi connectivity index (χ4v) is 2.05. The fourth-order valence-electron chi connectivity index (χ4n) is 0.832. The van der Waals surface area contributed by atoms with Crippen LogP contribution in [0.2, 0.25) is 0 Å². The van der Waals surface area contributed by atoms with Crippen molar-refractivity contribution in [3.05, 3.63) is 0 Å². The van der Waals surface area contributed by atoms with E-state index in [1.165, 1.54) is 4.31 Å². The van der Waals surface area contributed by atoms with E-state index in [0.29, 0.717) is 0 Å². The first-order valence-electron chi connectivity index (χ1n) is 2.68. The lowest BCUT2D eigenvalue weighted by Crippen LogP contribution is -2.61. The second-order valence-corrected chi connectivity index (χ2v) is 4.63. The van der Waals surface area contributed by atoms with Crippen LogP contribution < -0.4 is 0 Å². The third kappa shape index (κ3) is 0.625. The van der Waals surface area contributed by atoms with Crippen LogP contribution in [0.1, 0.15) is 13.8 Å². The van der Waals surface area contributed by atoms with Gasteiger partial charge in [0.15, 0.2) is 0 Å².